The minimum Gasteiger partial charge on any atom is -0.404 e. The first kappa shape index (κ1) is 20.6. The molecule has 0 amide bonds. The fourth-order valence-corrected chi connectivity index (χ4v) is 3.68. The van der Waals surface area contributed by atoms with Gasteiger partial charge in [-0.05, 0) is 37.3 Å². The van der Waals surface area contributed by atoms with Crippen molar-refractivity contribution < 1.29 is 4.39 Å². The molecule has 6 nitrogen and oxygen atoms in total. The number of nitrogens with two attached hydrogens (primary N) is 1. The average molecular weight is 412 g/mol. The van der Waals surface area contributed by atoms with Crippen LogP contribution in [0.15, 0.2) is 52.4 Å². The number of nitrogens with zero attached hydrogens (tertiary/aromatic N) is 2. The van der Waals surface area contributed by atoms with E-state index in [1.54, 1.807) is 43.1 Å². The molecule has 8 heteroatoms. The molecule has 0 aliphatic heterocycles. The van der Waals surface area contributed by atoms with Gasteiger partial charge in [-0.2, -0.15) is 0 Å². The van der Waals surface area contributed by atoms with Crippen molar-refractivity contribution in [1.29, 1.82) is 5.41 Å². The molecular weight excluding hydrogens is 389 g/mol. The zero-order valence-corrected chi connectivity index (χ0v) is 17.2. The van der Waals surface area contributed by atoms with Crippen LogP contribution in [0.3, 0.4) is 0 Å². The smallest absolute Gasteiger partial charge is 0.262 e. The van der Waals surface area contributed by atoms with Crippen molar-refractivity contribution in [3.63, 3.8) is 0 Å². The molecule has 0 spiro atoms. The second-order valence-corrected chi connectivity index (χ2v) is 8.39. The lowest BCUT2D eigenvalue weighted by Crippen LogP contribution is -2.20. The van der Waals surface area contributed by atoms with Gasteiger partial charge >= 0.3 is 0 Å². The molecule has 3 rings (SSSR count). The minimum atomic E-state index is -0.406. The Morgan fingerprint density at radius 1 is 1.34 bits per heavy atom. The normalized spacial score (nSPS) is 11.8. The molecule has 0 atom stereocenters. The highest BCUT2D eigenvalue weighted by Gasteiger charge is 2.13. The Morgan fingerprint density at radius 2 is 2.10 bits per heavy atom. The van der Waals surface area contributed by atoms with E-state index in [0.29, 0.717) is 33.4 Å². The fraction of sp³-hybridized carbons (Fsp3) is 0.190. The number of fused-ring (bicyclic) bond motifs is 1. The van der Waals surface area contributed by atoms with Crippen LogP contribution in [0.5, 0.6) is 0 Å². The molecule has 150 valence electrons. The van der Waals surface area contributed by atoms with Crippen molar-refractivity contribution in [2.24, 2.45) is 5.73 Å². The van der Waals surface area contributed by atoms with Gasteiger partial charge in [-0.1, -0.05) is 13.8 Å². The molecule has 0 aliphatic rings. The van der Waals surface area contributed by atoms with Gasteiger partial charge in [0.05, 0.1) is 11.3 Å². The molecule has 0 bridgehead atoms. The third-order valence-electron chi connectivity index (χ3n) is 4.28. The highest BCUT2D eigenvalue weighted by Crippen LogP contribution is 2.28. The van der Waals surface area contributed by atoms with Crippen LogP contribution in [0.25, 0.3) is 11.2 Å². The standard InChI is InChI=1S/C21H22FN5OS/c1-12(2)29-16-5-6-18(17(22)8-16)25-20-13(3)21(28)27-11-14(15(9-23)10-24)4-7-19(27)26-20/h4-12,23,25H,24H2,1-3H3/b15-10+,23-9?. The average Bonchev–Trinajstić information content (AvgIpc) is 2.68. The van der Waals surface area contributed by atoms with Crippen molar-refractivity contribution in [2.45, 2.75) is 30.9 Å². The maximum Gasteiger partial charge on any atom is 0.262 e. The van der Waals surface area contributed by atoms with E-state index in [2.05, 4.69) is 10.3 Å². The van der Waals surface area contributed by atoms with Gasteiger partial charge in [-0.15, -0.1) is 11.8 Å². The Hall–Kier alpha value is -3.13. The van der Waals surface area contributed by atoms with Gasteiger partial charge in [0.15, 0.2) is 0 Å². The Balaban J connectivity index is 2.01. The Labute approximate surface area is 172 Å². The number of benzene rings is 1. The van der Waals surface area contributed by atoms with Crippen LogP contribution in [-0.2, 0) is 0 Å². The number of rotatable bonds is 6. The number of anilines is 2. The lowest BCUT2D eigenvalue weighted by atomic mass is 10.1. The summed E-state index contributed by atoms with van der Waals surface area (Å²) in [5.41, 5.74) is 7.37. The van der Waals surface area contributed by atoms with Crippen LogP contribution >= 0.6 is 11.8 Å². The summed E-state index contributed by atoms with van der Waals surface area (Å²) in [4.78, 5) is 18.1. The Morgan fingerprint density at radius 3 is 2.72 bits per heavy atom. The SMILES string of the molecule is Cc1c(Nc2ccc(SC(C)C)cc2F)nc2ccc(/C(C=N)=C/N)cn2c1=O. The molecule has 3 aromatic rings. The van der Waals surface area contributed by atoms with E-state index in [9.17, 15) is 9.18 Å². The van der Waals surface area contributed by atoms with Crippen LogP contribution in [-0.4, -0.2) is 20.8 Å². The number of hydrogen-bond donors (Lipinski definition) is 3. The van der Waals surface area contributed by atoms with Crippen molar-refractivity contribution in [2.75, 3.05) is 5.32 Å². The highest BCUT2D eigenvalue weighted by molar-refractivity contribution is 7.99. The topological polar surface area (TPSA) is 96.3 Å². The minimum absolute atomic E-state index is 0.256. The van der Waals surface area contributed by atoms with E-state index in [1.807, 2.05) is 19.9 Å². The van der Waals surface area contributed by atoms with Crippen molar-refractivity contribution >= 4 is 40.7 Å². The number of nitrogens with one attached hydrogen (secondary N) is 2. The van der Waals surface area contributed by atoms with Gasteiger partial charge in [-0.3, -0.25) is 9.20 Å². The maximum absolute atomic E-state index is 14.5. The second kappa shape index (κ2) is 8.48. The second-order valence-electron chi connectivity index (χ2n) is 6.74. The van der Waals surface area contributed by atoms with Crippen LogP contribution in [0, 0.1) is 18.2 Å². The number of pyridine rings is 1. The summed E-state index contributed by atoms with van der Waals surface area (Å²) < 4.78 is 15.9. The van der Waals surface area contributed by atoms with Gasteiger partial charge < -0.3 is 16.5 Å². The summed E-state index contributed by atoms with van der Waals surface area (Å²) in [7, 11) is 0. The van der Waals surface area contributed by atoms with Gasteiger partial charge in [0.25, 0.3) is 5.56 Å². The Kier molecular flexibility index (Phi) is 6.03. The van der Waals surface area contributed by atoms with Crippen molar-refractivity contribution in [3.05, 3.63) is 70.0 Å². The van der Waals surface area contributed by atoms with Crippen LogP contribution in [0.2, 0.25) is 0 Å². The third kappa shape index (κ3) is 4.32. The number of aromatic nitrogens is 2. The molecule has 1 aromatic carbocycles. The largest absolute Gasteiger partial charge is 0.404 e. The van der Waals surface area contributed by atoms with E-state index >= 15 is 0 Å². The van der Waals surface area contributed by atoms with E-state index in [0.717, 1.165) is 11.1 Å². The Bertz CT molecular complexity index is 1170. The molecule has 0 saturated carbocycles. The summed E-state index contributed by atoms with van der Waals surface area (Å²) in [5, 5.41) is 10.7. The molecule has 0 unspecified atom stereocenters. The molecule has 4 N–H and O–H groups in total. The number of hydrogen-bond acceptors (Lipinski definition) is 6. The summed E-state index contributed by atoms with van der Waals surface area (Å²) in [6.45, 7) is 5.72. The van der Waals surface area contributed by atoms with Crippen LogP contribution in [0.4, 0.5) is 15.9 Å². The van der Waals surface area contributed by atoms with Gasteiger partial charge in [0.2, 0.25) is 0 Å². The quantitative estimate of drug-likeness (QED) is 0.414. The molecule has 0 radical (unpaired) electrons. The highest BCUT2D eigenvalue weighted by atomic mass is 32.2. The van der Waals surface area contributed by atoms with E-state index < -0.39 is 5.82 Å². The fourth-order valence-electron chi connectivity index (χ4n) is 2.82. The van der Waals surface area contributed by atoms with Crippen LogP contribution in [0.1, 0.15) is 25.0 Å². The van der Waals surface area contributed by atoms with E-state index in [4.69, 9.17) is 11.1 Å². The number of thioether (sulfide) groups is 1. The van der Waals surface area contributed by atoms with E-state index in [1.165, 1.54) is 16.7 Å². The van der Waals surface area contributed by atoms with E-state index in [-0.39, 0.29) is 11.2 Å². The predicted molar refractivity (Wildman–Crippen MR) is 118 cm³/mol. The molecule has 0 saturated heterocycles. The summed E-state index contributed by atoms with van der Waals surface area (Å²) in [6, 6.07) is 8.34. The molecule has 0 fully saturated rings. The summed E-state index contributed by atoms with van der Waals surface area (Å²) in [5.74, 6) is -0.108. The molecular formula is C21H22FN5OS. The molecule has 29 heavy (non-hydrogen) atoms. The first-order chi connectivity index (χ1) is 13.8. The molecule has 2 heterocycles. The lowest BCUT2D eigenvalue weighted by Gasteiger charge is -2.13. The van der Waals surface area contributed by atoms with Crippen molar-refractivity contribution in [3.8, 4) is 0 Å². The predicted octanol–water partition coefficient (Wildman–Crippen LogP) is 4.34. The van der Waals surface area contributed by atoms with Gasteiger partial charge in [0, 0.05) is 39.9 Å². The number of halogens is 1. The summed E-state index contributed by atoms with van der Waals surface area (Å²) in [6.07, 6.45) is 4.01. The molecule has 2 aromatic heterocycles. The lowest BCUT2D eigenvalue weighted by molar-refractivity contribution is 0.628. The third-order valence-corrected chi connectivity index (χ3v) is 5.28. The van der Waals surface area contributed by atoms with Gasteiger partial charge in [0.1, 0.15) is 17.3 Å². The zero-order chi connectivity index (χ0) is 21.1. The molecule has 0 aliphatic carbocycles. The van der Waals surface area contributed by atoms with Crippen LogP contribution < -0.4 is 16.6 Å². The maximum atomic E-state index is 14.5. The first-order valence-corrected chi connectivity index (χ1v) is 9.91. The summed E-state index contributed by atoms with van der Waals surface area (Å²) >= 11 is 1.58. The van der Waals surface area contributed by atoms with Crippen molar-refractivity contribution in [1.82, 2.24) is 9.38 Å². The monoisotopic (exact) mass is 411 g/mol. The first-order valence-electron chi connectivity index (χ1n) is 9.03. The van der Waals surface area contributed by atoms with Gasteiger partial charge in [-0.25, -0.2) is 9.37 Å². The number of allylic oxidation sites excluding steroid dienone is 1. The zero-order valence-electron chi connectivity index (χ0n) is 16.4.